The first-order valence-electron chi connectivity index (χ1n) is 7.04. The molecule has 1 N–H and O–H groups in total. The second-order valence-corrected chi connectivity index (χ2v) is 8.26. The van der Waals surface area contributed by atoms with Gasteiger partial charge >= 0.3 is 0 Å². The highest BCUT2D eigenvalue weighted by molar-refractivity contribution is 8.14. The highest BCUT2D eigenvalue weighted by Crippen LogP contribution is 2.28. The van der Waals surface area contributed by atoms with Crippen molar-refractivity contribution < 1.29 is 18.0 Å². The molecule has 1 fully saturated rings. The summed E-state index contributed by atoms with van der Waals surface area (Å²) in [5.74, 6) is -0.653. The molecular formula is C14H15N3O4S2. The zero-order valence-corrected chi connectivity index (χ0v) is 14.0. The summed E-state index contributed by atoms with van der Waals surface area (Å²) >= 11 is 1.48. The first-order valence-corrected chi connectivity index (χ1v) is 9.63. The standard InChI is InChI=1S/C14H15N3O4S2/c1-9-8-23(20,21)17(13(9)19)11-4-2-10(3-5-11)12(18)16-14-15-6-7-22-14/h2-5,9H,6-8H2,1H3,(H,15,16,18)/t9-/m1/s1. The molecule has 0 unspecified atom stereocenters. The van der Waals surface area contributed by atoms with E-state index < -0.39 is 21.8 Å². The van der Waals surface area contributed by atoms with Crippen molar-refractivity contribution >= 4 is 44.5 Å². The third kappa shape index (κ3) is 3.11. The lowest BCUT2D eigenvalue weighted by atomic mass is 10.1. The van der Waals surface area contributed by atoms with Crippen LogP contribution in [0.2, 0.25) is 0 Å². The molecule has 0 bridgehead atoms. The largest absolute Gasteiger partial charge is 0.301 e. The lowest BCUT2D eigenvalue weighted by Gasteiger charge is -2.15. The van der Waals surface area contributed by atoms with Crippen molar-refractivity contribution in [2.24, 2.45) is 10.9 Å². The third-order valence-electron chi connectivity index (χ3n) is 3.53. The Labute approximate surface area is 138 Å². The fourth-order valence-corrected chi connectivity index (χ4v) is 4.96. The van der Waals surface area contributed by atoms with Crippen molar-refractivity contribution in [3.63, 3.8) is 0 Å². The molecule has 2 heterocycles. The van der Waals surface area contributed by atoms with E-state index in [0.717, 1.165) is 10.1 Å². The number of aliphatic imine (C=N–C) groups is 1. The van der Waals surface area contributed by atoms with E-state index >= 15 is 0 Å². The molecule has 2 aliphatic heterocycles. The van der Waals surface area contributed by atoms with Crippen molar-refractivity contribution in [3.8, 4) is 0 Å². The summed E-state index contributed by atoms with van der Waals surface area (Å²) in [5, 5.41) is 3.28. The van der Waals surface area contributed by atoms with Crippen molar-refractivity contribution in [1.82, 2.24) is 5.32 Å². The summed E-state index contributed by atoms with van der Waals surface area (Å²) in [6.45, 7) is 2.27. The molecule has 1 aromatic carbocycles. The number of amidine groups is 1. The Morgan fingerprint density at radius 3 is 2.57 bits per heavy atom. The Hall–Kier alpha value is -1.87. The van der Waals surface area contributed by atoms with Crippen molar-refractivity contribution in [2.75, 3.05) is 22.4 Å². The summed E-state index contributed by atoms with van der Waals surface area (Å²) in [6.07, 6.45) is 0. The Bertz CT molecular complexity index is 787. The number of hydrogen-bond donors (Lipinski definition) is 1. The van der Waals surface area contributed by atoms with E-state index in [1.165, 1.54) is 36.0 Å². The minimum atomic E-state index is -3.63. The molecule has 2 amide bonds. The second kappa shape index (κ2) is 5.97. The Balaban J connectivity index is 1.79. The molecule has 122 valence electrons. The van der Waals surface area contributed by atoms with E-state index in [4.69, 9.17) is 0 Å². The van der Waals surface area contributed by atoms with Crippen LogP contribution in [0.15, 0.2) is 29.3 Å². The second-order valence-electron chi connectivity index (χ2n) is 5.32. The number of anilines is 1. The van der Waals surface area contributed by atoms with E-state index in [0.29, 0.717) is 17.3 Å². The topological polar surface area (TPSA) is 95.9 Å². The number of benzene rings is 1. The summed E-state index contributed by atoms with van der Waals surface area (Å²) in [6, 6.07) is 5.92. The number of thioether (sulfide) groups is 1. The predicted molar refractivity (Wildman–Crippen MR) is 89.1 cm³/mol. The number of amides is 2. The molecular weight excluding hydrogens is 338 g/mol. The van der Waals surface area contributed by atoms with Gasteiger partial charge in [-0.25, -0.2) is 12.7 Å². The van der Waals surface area contributed by atoms with Crippen LogP contribution >= 0.6 is 11.8 Å². The van der Waals surface area contributed by atoms with E-state index in [9.17, 15) is 18.0 Å². The maximum Gasteiger partial charge on any atom is 0.257 e. The number of rotatable bonds is 2. The van der Waals surface area contributed by atoms with Gasteiger partial charge < -0.3 is 5.32 Å². The van der Waals surface area contributed by atoms with Crippen LogP contribution in [-0.4, -0.2) is 43.5 Å². The molecule has 0 spiro atoms. The number of carbonyl (C=O) groups is 2. The molecule has 1 atom stereocenters. The van der Waals surface area contributed by atoms with E-state index in [1.54, 1.807) is 6.92 Å². The third-order valence-corrected chi connectivity index (χ3v) is 6.29. The summed E-state index contributed by atoms with van der Waals surface area (Å²) in [4.78, 5) is 28.2. The van der Waals surface area contributed by atoms with Crippen LogP contribution < -0.4 is 9.62 Å². The van der Waals surface area contributed by atoms with Crippen LogP contribution in [0.1, 0.15) is 17.3 Å². The highest BCUT2D eigenvalue weighted by Gasteiger charge is 2.41. The number of hydrogen-bond acceptors (Lipinski definition) is 6. The number of sulfonamides is 1. The lowest BCUT2D eigenvalue weighted by Crippen LogP contribution is -2.30. The summed E-state index contributed by atoms with van der Waals surface area (Å²) < 4.78 is 24.9. The molecule has 9 heteroatoms. The van der Waals surface area contributed by atoms with Gasteiger partial charge in [0, 0.05) is 11.3 Å². The minimum absolute atomic E-state index is 0.189. The molecule has 7 nitrogen and oxygen atoms in total. The van der Waals surface area contributed by atoms with Gasteiger partial charge in [0.25, 0.3) is 5.91 Å². The maximum atomic E-state index is 12.1. The quantitative estimate of drug-likeness (QED) is 0.850. The maximum absolute atomic E-state index is 12.1. The molecule has 1 aromatic rings. The van der Waals surface area contributed by atoms with Gasteiger partial charge in [0.15, 0.2) is 5.17 Å². The Kier molecular flexibility index (Phi) is 4.15. The average molecular weight is 353 g/mol. The SMILES string of the molecule is C[C@@H]1CS(=O)(=O)N(c2ccc(C(=O)NC3=NCCS3)cc2)C1=O. The molecule has 0 aromatic heterocycles. The zero-order chi connectivity index (χ0) is 16.6. The monoisotopic (exact) mass is 353 g/mol. The minimum Gasteiger partial charge on any atom is -0.301 e. The van der Waals surface area contributed by atoms with E-state index in [1.807, 2.05) is 0 Å². The lowest BCUT2D eigenvalue weighted by molar-refractivity contribution is -0.119. The molecule has 2 aliphatic rings. The van der Waals surface area contributed by atoms with Crippen molar-refractivity contribution in [3.05, 3.63) is 29.8 Å². The van der Waals surface area contributed by atoms with Crippen LogP contribution in [-0.2, 0) is 14.8 Å². The van der Waals surface area contributed by atoms with Gasteiger partial charge in [-0.05, 0) is 24.3 Å². The Morgan fingerprint density at radius 1 is 1.35 bits per heavy atom. The van der Waals surface area contributed by atoms with E-state index in [-0.39, 0.29) is 17.3 Å². The van der Waals surface area contributed by atoms with Crippen LogP contribution in [0, 0.1) is 5.92 Å². The van der Waals surface area contributed by atoms with Crippen molar-refractivity contribution in [2.45, 2.75) is 6.92 Å². The number of carbonyl (C=O) groups excluding carboxylic acids is 2. The summed E-state index contributed by atoms with van der Waals surface area (Å²) in [5.41, 5.74) is 0.629. The highest BCUT2D eigenvalue weighted by atomic mass is 32.2. The van der Waals surface area contributed by atoms with Crippen LogP contribution in [0.4, 0.5) is 5.69 Å². The van der Waals surface area contributed by atoms with Gasteiger partial charge in [-0.3, -0.25) is 14.6 Å². The van der Waals surface area contributed by atoms with Gasteiger partial charge in [0.2, 0.25) is 15.9 Å². The van der Waals surface area contributed by atoms with Gasteiger partial charge in [-0.2, -0.15) is 0 Å². The average Bonchev–Trinajstić information content (AvgIpc) is 3.06. The molecule has 0 saturated carbocycles. The predicted octanol–water partition coefficient (Wildman–Crippen LogP) is 0.832. The van der Waals surface area contributed by atoms with Gasteiger partial charge in [0.05, 0.1) is 23.9 Å². The van der Waals surface area contributed by atoms with Gasteiger partial charge in [-0.1, -0.05) is 18.7 Å². The van der Waals surface area contributed by atoms with Crippen LogP contribution in [0.5, 0.6) is 0 Å². The van der Waals surface area contributed by atoms with Gasteiger partial charge in [0.1, 0.15) is 0 Å². The molecule has 23 heavy (non-hydrogen) atoms. The Morgan fingerprint density at radius 2 is 2.04 bits per heavy atom. The number of nitrogens with zero attached hydrogens (tertiary/aromatic N) is 2. The van der Waals surface area contributed by atoms with E-state index in [2.05, 4.69) is 10.3 Å². The zero-order valence-electron chi connectivity index (χ0n) is 12.4. The van der Waals surface area contributed by atoms with Crippen LogP contribution in [0.3, 0.4) is 0 Å². The smallest absolute Gasteiger partial charge is 0.257 e. The fraction of sp³-hybridized carbons (Fsp3) is 0.357. The fourth-order valence-electron chi connectivity index (χ4n) is 2.42. The molecule has 0 radical (unpaired) electrons. The molecule has 1 saturated heterocycles. The number of nitrogens with one attached hydrogen (secondary N) is 1. The summed E-state index contributed by atoms with van der Waals surface area (Å²) in [7, 11) is -3.63. The van der Waals surface area contributed by atoms with Crippen LogP contribution in [0.25, 0.3) is 0 Å². The van der Waals surface area contributed by atoms with Gasteiger partial charge in [-0.15, -0.1) is 0 Å². The normalized spacial score (nSPS) is 23.0. The molecule has 0 aliphatic carbocycles. The van der Waals surface area contributed by atoms with Crippen molar-refractivity contribution in [1.29, 1.82) is 0 Å². The molecule has 3 rings (SSSR count). The first kappa shape index (κ1) is 16.0. The first-order chi connectivity index (χ1) is 10.9.